The van der Waals surface area contributed by atoms with Crippen LogP contribution in [0.3, 0.4) is 0 Å². The molecular formula is C9H15N3O5S. The highest BCUT2D eigenvalue weighted by molar-refractivity contribution is 7.89. The first-order chi connectivity index (χ1) is 8.27. The minimum atomic E-state index is -3.91. The quantitative estimate of drug-likeness (QED) is 0.609. The number of aliphatic hydroxyl groups excluding tert-OH is 1. The van der Waals surface area contributed by atoms with Gasteiger partial charge in [-0.25, -0.2) is 22.9 Å². The number of carboxylic acids is 1. The molecule has 18 heavy (non-hydrogen) atoms. The molecule has 0 saturated carbocycles. The van der Waals surface area contributed by atoms with Crippen LogP contribution in [0.4, 0.5) is 0 Å². The van der Waals surface area contributed by atoms with Gasteiger partial charge in [0.15, 0.2) is 11.1 Å². The lowest BCUT2D eigenvalue weighted by Crippen LogP contribution is -2.36. The first-order valence-corrected chi connectivity index (χ1v) is 6.70. The minimum absolute atomic E-state index is 0.195. The molecule has 0 aliphatic rings. The van der Waals surface area contributed by atoms with Gasteiger partial charge in [-0.3, -0.25) is 0 Å². The van der Waals surface area contributed by atoms with Crippen LogP contribution in [0.2, 0.25) is 0 Å². The zero-order chi connectivity index (χ0) is 13.9. The summed E-state index contributed by atoms with van der Waals surface area (Å²) in [5.74, 6) is -0.954. The van der Waals surface area contributed by atoms with Gasteiger partial charge >= 0.3 is 5.97 Å². The second-order valence-corrected chi connectivity index (χ2v) is 5.33. The molecule has 0 unspecified atom stereocenters. The van der Waals surface area contributed by atoms with Crippen LogP contribution in [0.5, 0.6) is 0 Å². The highest BCUT2D eigenvalue weighted by Gasteiger charge is 2.22. The summed E-state index contributed by atoms with van der Waals surface area (Å²) in [6, 6.07) is 0. The fourth-order valence-electron chi connectivity index (χ4n) is 1.28. The zero-order valence-electron chi connectivity index (χ0n) is 9.99. The average Bonchev–Trinajstić information content (AvgIpc) is 2.68. The number of aliphatic hydroxyl groups is 1. The highest BCUT2D eigenvalue weighted by atomic mass is 32.2. The van der Waals surface area contributed by atoms with Gasteiger partial charge in [-0.05, 0) is 13.8 Å². The van der Waals surface area contributed by atoms with E-state index in [-0.39, 0.29) is 5.03 Å². The van der Waals surface area contributed by atoms with Gasteiger partial charge in [-0.2, -0.15) is 0 Å². The predicted molar refractivity (Wildman–Crippen MR) is 61.5 cm³/mol. The second-order valence-electron chi connectivity index (χ2n) is 3.62. The van der Waals surface area contributed by atoms with E-state index >= 15 is 0 Å². The number of nitrogens with zero attached hydrogens (tertiary/aromatic N) is 2. The lowest BCUT2D eigenvalue weighted by molar-refractivity contribution is -0.146. The number of hydrogen-bond acceptors (Lipinski definition) is 5. The van der Waals surface area contributed by atoms with E-state index in [2.05, 4.69) is 4.98 Å². The summed E-state index contributed by atoms with van der Waals surface area (Å²) in [4.78, 5) is 14.2. The van der Waals surface area contributed by atoms with Crippen LogP contribution in [-0.2, 0) is 21.4 Å². The molecule has 0 spiro atoms. The number of aromatic nitrogens is 2. The van der Waals surface area contributed by atoms with E-state index in [9.17, 15) is 13.2 Å². The number of carbonyl (C=O) groups is 1. The van der Waals surface area contributed by atoms with Crippen molar-refractivity contribution in [3.05, 3.63) is 12.0 Å². The van der Waals surface area contributed by atoms with Gasteiger partial charge < -0.3 is 14.8 Å². The summed E-state index contributed by atoms with van der Waals surface area (Å²) in [5, 5.41) is 17.2. The molecule has 8 nitrogen and oxygen atoms in total. The lowest BCUT2D eigenvalue weighted by Gasteiger charge is -2.06. The molecule has 0 amide bonds. The standard InChI is InChI=1S/C9H15N3O5S/c1-3-12-5-8(11-6(12)2)18(16,17)10-4-7(13)9(14)15/h5,7,10,13H,3-4H2,1-2H3,(H,14,15)/t7-/m0/s1. The second kappa shape index (κ2) is 5.46. The summed E-state index contributed by atoms with van der Waals surface area (Å²) in [7, 11) is -3.91. The summed E-state index contributed by atoms with van der Waals surface area (Å²) in [6.07, 6.45) is -0.431. The van der Waals surface area contributed by atoms with Crippen LogP contribution in [0.1, 0.15) is 12.7 Å². The van der Waals surface area contributed by atoms with Crippen LogP contribution in [0.15, 0.2) is 11.2 Å². The van der Waals surface area contributed by atoms with Crippen LogP contribution in [-0.4, -0.2) is 46.8 Å². The van der Waals surface area contributed by atoms with Crippen molar-refractivity contribution < 1.29 is 23.4 Å². The number of hydrogen-bond donors (Lipinski definition) is 3. The number of rotatable bonds is 6. The van der Waals surface area contributed by atoms with E-state index < -0.39 is 28.6 Å². The fraction of sp³-hybridized carbons (Fsp3) is 0.556. The zero-order valence-corrected chi connectivity index (χ0v) is 10.8. The number of sulfonamides is 1. The Labute approximate surface area is 104 Å². The molecule has 0 radical (unpaired) electrons. The Hall–Kier alpha value is -1.45. The smallest absolute Gasteiger partial charge is 0.333 e. The van der Waals surface area contributed by atoms with Crippen molar-refractivity contribution in [2.75, 3.05) is 6.54 Å². The van der Waals surface area contributed by atoms with Gasteiger partial charge in [-0.1, -0.05) is 0 Å². The molecule has 1 aromatic heterocycles. The van der Waals surface area contributed by atoms with Crippen LogP contribution < -0.4 is 4.72 Å². The lowest BCUT2D eigenvalue weighted by atomic mass is 10.4. The van der Waals surface area contributed by atoms with Crippen LogP contribution in [0.25, 0.3) is 0 Å². The molecule has 102 valence electrons. The first kappa shape index (κ1) is 14.6. The van der Waals surface area contributed by atoms with Crippen molar-refractivity contribution in [2.24, 2.45) is 0 Å². The Bertz CT molecular complexity index is 536. The predicted octanol–water partition coefficient (Wildman–Crippen LogP) is -1.06. The SMILES string of the molecule is CCn1cc(S(=O)(=O)NC[C@H](O)C(=O)O)nc1C. The summed E-state index contributed by atoms with van der Waals surface area (Å²) in [5.41, 5.74) is 0. The van der Waals surface area contributed by atoms with Crippen molar-refractivity contribution in [1.29, 1.82) is 0 Å². The van der Waals surface area contributed by atoms with Crippen molar-refractivity contribution in [1.82, 2.24) is 14.3 Å². The minimum Gasteiger partial charge on any atom is -0.479 e. The molecule has 0 aliphatic carbocycles. The Balaban J connectivity index is 2.83. The van der Waals surface area contributed by atoms with Crippen molar-refractivity contribution in [2.45, 2.75) is 31.5 Å². The Morgan fingerprint density at radius 2 is 2.22 bits per heavy atom. The maximum atomic E-state index is 11.7. The molecule has 0 bridgehead atoms. The maximum Gasteiger partial charge on any atom is 0.333 e. The maximum absolute atomic E-state index is 11.7. The Kier molecular flexibility index (Phi) is 4.43. The third-order valence-corrected chi connectivity index (χ3v) is 3.62. The summed E-state index contributed by atoms with van der Waals surface area (Å²) < 4.78 is 27.1. The van der Waals surface area contributed by atoms with Crippen molar-refractivity contribution >= 4 is 16.0 Å². The average molecular weight is 277 g/mol. The number of nitrogens with one attached hydrogen (secondary N) is 1. The monoisotopic (exact) mass is 277 g/mol. The topological polar surface area (TPSA) is 122 Å². The Morgan fingerprint density at radius 1 is 1.61 bits per heavy atom. The van der Waals surface area contributed by atoms with Crippen LogP contribution >= 0.6 is 0 Å². The molecule has 1 heterocycles. The van der Waals surface area contributed by atoms with E-state index in [1.54, 1.807) is 11.5 Å². The van der Waals surface area contributed by atoms with Gasteiger partial charge in [0.25, 0.3) is 10.0 Å². The van der Waals surface area contributed by atoms with E-state index in [4.69, 9.17) is 10.2 Å². The molecule has 0 aliphatic heterocycles. The number of imidazole rings is 1. The van der Waals surface area contributed by atoms with E-state index in [0.717, 1.165) is 0 Å². The molecule has 1 atom stereocenters. The number of carboxylic acid groups (broad SMARTS) is 1. The molecule has 0 fully saturated rings. The molecule has 9 heteroatoms. The highest BCUT2D eigenvalue weighted by Crippen LogP contribution is 2.08. The summed E-state index contributed by atoms with van der Waals surface area (Å²) in [6.45, 7) is 3.48. The third kappa shape index (κ3) is 3.28. The number of aliphatic carboxylic acids is 1. The number of aryl methyl sites for hydroxylation is 2. The van der Waals surface area contributed by atoms with E-state index in [1.807, 2.05) is 11.6 Å². The molecular weight excluding hydrogens is 262 g/mol. The molecule has 0 saturated heterocycles. The van der Waals surface area contributed by atoms with Gasteiger partial charge in [-0.15, -0.1) is 0 Å². The van der Waals surface area contributed by atoms with Crippen molar-refractivity contribution in [3.8, 4) is 0 Å². The van der Waals surface area contributed by atoms with Crippen molar-refractivity contribution in [3.63, 3.8) is 0 Å². The normalized spacial score (nSPS) is 13.5. The summed E-state index contributed by atoms with van der Waals surface area (Å²) >= 11 is 0. The Morgan fingerprint density at radius 3 is 2.67 bits per heavy atom. The van der Waals surface area contributed by atoms with Gasteiger partial charge in [0.05, 0.1) is 0 Å². The molecule has 1 rings (SSSR count). The van der Waals surface area contributed by atoms with Gasteiger partial charge in [0.1, 0.15) is 5.82 Å². The fourth-order valence-corrected chi connectivity index (χ4v) is 2.32. The van der Waals surface area contributed by atoms with Crippen LogP contribution in [0, 0.1) is 6.92 Å². The molecule has 3 N–H and O–H groups in total. The van der Waals surface area contributed by atoms with Gasteiger partial charge in [0.2, 0.25) is 0 Å². The van der Waals surface area contributed by atoms with Gasteiger partial charge in [0, 0.05) is 19.3 Å². The van der Waals surface area contributed by atoms with E-state index in [1.165, 1.54) is 6.20 Å². The van der Waals surface area contributed by atoms with E-state index in [0.29, 0.717) is 12.4 Å². The molecule has 0 aromatic carbocycles. The first-order valence-electron chi connectivity index (χ1n) is 5.22. The third-order valence-electron chi connectivity index (χ3n) is 2.32. The molecule has 1 aromatic rings. The largest absolute Gasteiger partial charge is 0.479 e.